The van der Waals surface area contributed by atoms with Gasteiger partial charge in [-0.25, -0.2) is 9.37 Å². The van der Waals surface area contributed by atoms with Gasteiger partial charge in [-0.2, -0.15) is 0 Å². The molecule has 138 valence electrons. The second kappa shape index (κ2) is 8.70. The second-order valence-corrected chi connectivity index (χ2v) is 6.29. The smallest absolute Gasteiger partial charge is 0.243 e. The molecule has 0 spiro atoms. The van der Waals surface area contributed by atoms with Gasteiger partial charge >= 0.3 is 0 Å². The summed E-state index contributed by atoms with van der Waals surface area (Å²) >= 11 is 11.9. The zero-order chi connectivity index (χ0) is 19.2. The lowest BCUT2D eigenvalue weighted by Gasteiger charge is -2.13. The zero-order valence-corrected chi connectivity index (χ0v) is 15.4. The fourth-order valence-corrected chi connectivity index (χ4v) is 2.62. The maximum Gasteiger partial charge on any atom is 0.243 e. The molecule has 27 heavy (non-hydrogen) atoms. The van der Waals surface area contributed by atoms with Crippen LogP contribution in [0, 0.1) is 5.82 Å². The summed E-state index contributed by atoms with van der Waals surface area (Å²) in [6.45, 7) is -0.0144. The van der Waals surface area contributed by atoms with Crippen molar-refractivity contribution >= 4 is 40.5 Å². The number of hydrogen-bond donors (Lipinski definition) is 2. The Morgan fingerprint density at radius 1 is 1.11 bits per heavy atom. The van der Waals surface area contributed by atoms with E-state index in [1.165, 1.54) is 36.5 Å². The molecule has 0 aliphatic heterocycles. The number of benzene rings is 2. The number of carbonyl (C=O) groups excluding carboxylic acids is 1. The third-order valence-electron chi connectivity index (χ3n) is 3.44. The van der Waals surface area contributed by atoms with Crippen molar-refractivity contribution in [1.82, 2.24) is 4.98 Å². The standard InChI is InChI=1S/C19H14Cl2FN3O2/c20-12-9-15(21)19(24-10-12)27-17-4-2-1-3-16(17)23-11-18(26)25-14-7-5-13(22)6-8-14/h1-10,23H,11H2,(H,25,26). The van der Waals surface area contributed by atoms with Gasteiger partial charge in [-0.3, -0.25) is 4.79 Å². The first kappa shape index (κ1) is 18.9. The minimum atomic E-state index is -0.369. The van der Waals surface area contributed by atoms with E-state index < -0.39 is 0 Å². The molecule has 8 heteroatoms. The quantitative estimate of drug-likeness (QED) is 0.578. The number of nitrogens with zero attached hydrogens (tertiary/aromatic N) is 1. The third kappa shape index (κ3) is 5.32. The predicted molar refractivity (Wildman–Crippen MR) is 104 cm³/mol. The average Bonchev–Trinajstić information content (AvgIpc) is 2.65. The molecule has 1 amide bonds. The van der Waals surface area contributed by atoms with Crippen LogP contribution in [0.4, 0.5) is 15.8 Å². The first-order chi connectivity index (χ1) is 13.0. The third-order valence-corrected chi connectivity index (χ3v) is 3.91. The van der Waals surface area contributed by atoms with Crippen LogP contribution in [0.2, 0.25) is 10.0 Å². The number of rotatable bonds is 6. The molecule has 0 aliphatic carbocycles. The lowest BCUT2D eigenvalue weighted by molar-refractivity contribution is -0.114. The van der Waals surface area contributed by atoms with E-state index in [1.807, 2.05) is 0 Å². The Kier molecular flexibility index (Phi) is 6.11. The molecule has 0 fully saturated rings. The summed E-state index contributed by atoms with van der Waals surface area (Å²) in [6, 6.07) is 14.1. The van der Waals surface area contributed by atoms with Crippen LogP contribution in [0.5, 0.6) is 11.6 Å². The number of hydrogen-bond acceptors (Lipinski definition) is 4. The molecular weight excluding hydrogens is 392 g/mol. The normalized spacial score (nSPS) is 10.3. The van der Waals surface area contributed by atoms with Crippen molar-refractivity contribution in [3.63, 3.8) is 0 Å². The Hall–Kier alpha value is -2.83. The first-order valence-corrected chi connectivity index (χ1v) is 8.64. The predicted octanol–water partition coefficient (Wildman–Crippen LogP) is 5.37. The number of pyridine rings is 1. The molecule has 0 atom stereocenters. The van der Waals surface area contributed by atoms with E-state index in [-0.39, 0.29) is 29.2 Å². The van der Waals surface area contributed by atoms with Crippen LogP contribution < -0.4 is 15.4 Å². The number of aromatic nitrogens is 1. The van der Waals surface area contributed by atoms with Gasteiger partial charge in [-0.15, -0.1) is 0 Å². The molecule has 3 aromatic rings. The molecule has 0 unspecified atom stereocenters. The maximum absolute atomic E-state index is 12.9. The Bertz CT molecular complexity index is 952. The number of amides is 1. The Balaban J connectivity index is 1.65. The minimum absolute atomic E-state index is 0.0144. The SMILES string of the molecule is O=C(CNc1ccccc1Oc1ncc(Cl)cc1Cl)Nc1ccc(F)cc1. The minimum Gasteiger partial charge on any atom is -0.435 e. The number of ether oxygens (including phenoxy) is 1. The topological polar surface area (TPSA) is 63.2 Å². The van der Waals surface area contributed by atoms with Crippen LogP contribution in [-0.2, 0) is 4.79 Å². The van der Waals surface area contributed by atoms with Crippen molar-refractivity contribution in [3.05, 3.63) is 76.7 Å². The summed E-state index contributed by atoms with van der Waals surface area (Å²) < 4.78 is 18.6. The van der Waals surface area contributed by atoms with Crippen LogP contribution in [0.3, 0.4) is 0 Å². The van der Waals surface area contributed by atoms with Crippen LogP contribution in [0.25, 0.3) is 0 Å². The van der Waals surface area contributed by atoms with Gasteiger partial charge in [-0.05, 0) is 42.5 Å². The molecule has 0 radical (unpaired) electrons. The summed E-state index contributed by atoms with van der Waals surface area (Å²) in [6.07, 6.45) is 1.43. The lowest BCUT2D eigenvalue weighted by atomic mass is 10.3. The number of para-hydroxylation sites is 2. The lowest BCUT2D eigenvalue weighted by Crippen LogP contribution is -2.21. The summed E-state index contributed by atoms with van der Waals surface area (Å²) in [5.74, 6) is -0.0133. The van der Waals surface area contributed by atoms with Crippen molar-refractivity contribution in [3.8, 4) is 11.6 Å². The Morgan fingerprint density at radius 2 is 1.85 bits per heavy atom. The van der Waals surface area contributed by atoms with Gasteiger partial charge in [0, 0.05) is 11.9 Å². The van der Waals surface area contributed by atoms with Gasteiger partial charge in [0.05, 0.1) is 17.3 Å². The zero-order valence-electron chi connectivity index (χ0n) is 13.9. The molecule has 3 rings (SSSR count). The molecule has 2 N–H and O–H groups in total. The molecule has 0 aliphatic rings. The molecule has 0 saturated heterocycles. The largest absolute Gasteiger partial charge is 0.435 e. The summed E-state index contributed by atoms with van der Waals surface area (Å²) in [4.78, 5) is 16.1. The number of carbonyl (C=O) groups is 1. The van der Waals surface area contributed by atoms with E-state index in [0.717, 1.165) is 0 Å². The van der Waals surface area contributed by atoms with Crippen molar-refractivity contribution in [2.75, 3.05) is 17.2 Å². The van der Waals surface area contributed by atoms with Gasteiger partial charge in [0.15, 0.2) is 5.75 Å². The summed E-state index contributed by atoms with van der Waals surface area (Å²) in [5, 5.41) is 6.32. The number of anilines is 2. The second-order valence-electron chi connectivity index (χ2n) is 5.45. The summed E-state index contributed by atoms with van der Waals surface area (Å²) in [5.41, 5.74) is 1.09. The van der Waals surface area contributed by atoms with Crippen LogP contribution in [0.1, 0.15) is 0 Å². The van der Waals surface area contributed by atoms with Crippen molar-refractivity contribution in [2.24, 2.45) is 0 Å². The van der Waals surface area contributed by atoms with Crippen LogP contribution in [-0.4, -0.2) is 17.4 Å². The molecule has 5 nitrogen and oxygen atoms in total. The van der Waals surface area contributed by atoms with Gasteiger partial charge in [-0.1, -0.05) is 35.3 Å². The molecule has 2 aromatic carbocycles. The Labute approximate surface area is 165 Å². The fraction of sp³-hybridized carbons (Fsp3) is 0.0526. The van der Waals surface area contributed by atoms with Gasteiger partial charge in [0.2, 0.25) is 11.8 Å². The van der Waals surface area contributed by atoms with Crippen molar-refractivity contribution in [1.29, 1.82) is 0 Å². The highest BCUT2D eigenvalue weighted by Crippen LogP contribution is 2.33. The maximum atomic E-state index is 12.9. The highest BCUT2D eigenvalue weighted by Gasteiger charge is 2.10. The van der Waals surface area contributed by atoms with E-state index in [2.05, 4.69) is 15.6 Å². The number of nitrogens with one attached hydrogen (secondary N) is 2. The van der Waals surface area contributed by atoms with Crippen LogP contribution in [0.15, 0.2) is 60.8 Å². The van der Waals surface area contributed by atoms with Crippen LogP contribution >= 0.6 is 23.2 Å². The highest BCUT2D eigenvalue weighted by atomic mass is 35.5. The van der Waals surface area contributed by atoms with Crippen molar-refractivity contribution in [2.45, 2.75) is 0 Å². The molecule has 0 saturated carbocycles. The van der Waals surface area contributed by atoms with E-state index in [1.54, 1.807) is 24.3 Å². The molecule has 0 bridgehead atoms. The van der Waals surface area contributed by atoms with E-state index >= 15 is 0 Å². The highest BCUT2D eigenvalue weighted by molar-refractivity contribution is 6.35. The number of halogens is 3. The molecule has 1 heterocycles. The fourth-order valence-electron chi connectivity index (χ4n) is 2.20. The monoisotopic (exact) mass is 405 g/mol. The van der Waals surface area contributed by atoms with Gasteiger partial charge < -0.3 is 15.4 Å². The Morgan fingerprint density at radius 3 is 2.59 bits per heavy atom. The summed E-state index contributed by atoms with van der Waals surface area (Å²) in [7, 11) is 0. The molecule has 1 aromatic heterocycles. The van der Waals surface area contributed by atoms with E-state index in [9.17, 15) is 9.18 Å². The molecular formula is C19H14Cl2FN3O2. The van der Waals surface area contributed by atoms with E-state index in [0.29, 0.717) is 22.1 Å². The van der Waals surface area contributed by atoms with Gasteiger partial charge in [0.25, 0.3) is 0 Å². The van der Waals surface area contributed by atoms with Crippen molar-refractivity contribution < 1.29 is 13.9 Å². The van der Waals surface area contributed by atoms with Gasteiger partial charge in [0.1, 0.15) is 10.8 Å². The average molecular weight is 406 g/mol. The first-order valence-electron chi connectivity index (χ1n) is 7.88. The van der Waals surface area contributed by atoms with E-state index in [4.69, 9.17) is 27.9 Å².